The van der Waals surface area contributed by atoms with Crippen LogP contribution in [0.4, 0.5) is 13.2 Å². The predicted molar refractivity (Wildman–Crippen MR) is 117 cm³/mol. The van der Waals surface area contributed by atoms with Gasteiger partial charge in [-0.05, 0) is 61.1 Å². The van der Waals surface area contributed by atoms with Crippen molar-refractivity contribution in [2.75, 3.05) is 6.61 Å². The number of ether oxygens (including phenoxy) is 2. The number of hydrogen-bond donors (Lipinski definition) is 0. The molecule has 2 nitrogen and oxygen atoms in total. The molecular weight excluding hydrogens is 401 g/mol. The third-order valence-corrected chi connectivity index (χ3v) is 4.81. The molecule has 0 atom stereocenters. The van der Waals surface area contributed by atoms with Crippen LogP contribution in [0.15, 0.2) is 72.6 Å². The minimum absolute atomic E-state index is 0.116. The first-order valence-electron chi connectivity index (χ1n) is 10.2. The molecule has 0 heterocycles. The molecule has 0 bridgehead atoms. The monoisotopic (exact) mass is 426 g/mol. The van der Waals surface area contributed by atoms with Crippen LogP contribution in [0.2, 0.25) is 0 Å². The number of rotatable bonds is 9. The van der Waals surface area contributed by atoms with Crippen LogP contribution in [0.1, 0.15) is 31.4 Å². The van der Waals surface area contributed by atoms with Gasteiger partial charge in [0.2, 0.25) is 11.6 Å². The number of allylic oxidation sites excluding steroid dienone is 2. The zero-order valence-corrected chi connectivity index (χ0v) is 17.6. The Bertz CT molecular complexity index is 1020. The summed E-state index contributed by atoms with van der Waals surface area (Å²) in [4.78, 5) is 0. The van der Waals surface area contributed by atoms with E-state index < -0.39 is 11.6 Å². The summed E-state index contributed by atoms with van der Waals surface area (Å²) in [6.07, 6.45) is 3.05. The van der Waals surface area contributed by atoms with E-state index in [2.05, 4.69) is 0 Å². The molecule has 0 unspecified atom stereocenters. The van der Waals surface area contributed by atoms with Crippen molar-refractivity contribution in [1.82, 2.24) is 0 Å². The van der Waals surface area contributed by atoms with E-state index >= 15 is 0 Å². The highest BCUT2D eigenvalue weighted by Gasteiger charge is 2.15. The van der Waals surface area contributed by atoms with Crippen molar-refractivity contribution in [1.29, 1.82) is 0 Å². The summed E-state index contributed by atoms with van der Waals surface area (Å²) in [6, 6.07) is 18.6. The highest BCUT2D eigenvalue weighted by atomic mass is 19.2. The number of halogens is 3. The molecule has 0 saturated carbocycles. The average Bonchev–Trinajstić information content (AvgIpc) is 2.77. The lowest BCUT2D eigenvalue weighted by Gasteiger charge is -2.11. The first-order chi connectivity index (χ1) is 15.0. The normalized spacial score (nSPS) is 11.5. The van der Waals surface area contributed by atoms with Crippen LogP contribution < -0.4 is 9.47 Å². The Kier molecular flexibility index (Phi) is 7.76. The van der Waals surface area contributed by atoms with Gasteiger partial charge in [0.25, 0.3) is 0 Å². The summed E-state index contributed by atoms with van der Waals surface area (Å²) >= 11 is 0. The first-order valence-corrected chi connectivity index (χ1v) is 10.2. The third-order valence-electron chi connectivity index (χ3n) is 4.81. The van der Waals surface area contributed by atoms with Crippen molar-refractivity contribution in [3.05, 3.63) is 95.3 Å². The Balaban J connectivity index is 1.60. The van der Waals surface area contributed by atoms with E-state index in [4.69, 9.17) is 9.47 Å². The molecule has 0 spiro atoms. The number of benzene rings is 3. The summed E-state index contributed by atoms with van der Waals surface area (Å²) in [7, 11) is 0. The van der Waals surface area contributed by atoms with E-state index in [0.717, 1.165) is 28.7 Å². The van der Waals surface area contributed by atoms with E-state index in [0.29, 0.717) is 6.42 Å². The maximum Gasteiger partial charge on any atom is 0.204 e. The summed E-state index contributed by atoms with van der Waals surface area (Å²) < 4.78 is 51.3. The van der Waals surface area contributed by atoms with Gasteiger partial charge in [-0.1, -0.05) is 54.6 Å². The fraction of sp³-hybridized carbons (Fsp3) is 0.231. The second kappa shape index (κ2) is 10.7. The molecule has 3 rings (SSSR count). The van der Waals surface area contributed by atoms with Crippen molar-refractivity contribution in [2.45, 2.75) is 33.3 Å². The van der Waals surface area contributed by atoms with Gasteiger partial charge in [0.15, 0.2) is 11.5 Å². The summed E-state index contributed by atoms with van der Waals surface area (Å²) in [6.45, 7) is 3.52. The highest BCUT2D eigenvalue weighted by Crippen LogP contribution is 2.28. The summed E-state index contributed by atoms with van der Waals surface area (Å²) in [5.41, 5.74) is 4.08. The molecule has 0 amide bonds. The summed E-state index contributed by atoms with van der Waals surface area (Å²) in [5, 5.41) is 0. The quantitative estimate of drug-likeness (QED) is 0.355. The van der Waals surface area contributed by atoms with E-state index in [1.807, 2.05) is 48.5 Å². The molecule has 0 aliphatic carbocycles. The van der Waals surface area contributed by atoms with Gasteiger partial charge in [-0.2, -0.15) is 8.78 Å². The highest BCUT2D eigenvalue weighted by molar-refractivity contribution is 5.64. The lowest BCUT2D eigenvalue weighted by molar-refractivity contribution is 0.274. The molecule has 0 N–H and O–H groups in total. The zero-order chi connectivity index (χ0) is 22.2. The topological polar surface area (TPSA) is 18.5 Å². The lowest BCUT2D eigenvalue weighted by atomic mass is 10.0. The smallest absolute Gasteiger partial charge is 0.204 e. The second-order valence-electron chi connectivity index (χ2n) is 7.13. The van der Waals surface area contributed by atoms with E-state index in [-0.39, 0.29) is 30.5 Å². The molecule has 0 aromatic heterocycles. The molecule has 0 fully saturated rings. The van der Waals surface area contributed by atoms with E-state index in [1.165, 1.54) is 19.1 Å². The Morgan fingerprint density at radius 3 is 1.81 bits per heavy atom. The fourth-order valence-electron chi connectivity index (χ4n) is 3.15. The fourth-order valence-corrected chi connectivity index (χ4v) is 3.15. The Morgan fingerprint density at radius 2 is 1.29 bits per heavy atom. The lowest BCUT2D eigenvalue weighted by Crippen LogP contribution is -2.02. The van der Waals surface area contributed by atoms with Gasteiger partial charge in [-0.25, -0.2) is 4.39 Å². The molecule has 5 heteroatoms. The van der Waals surface area contributed by atoms with Gasteiger partial charge >= 0.3 is 0 Å². The Morgan fingerprint density at radius 1 is 0.774 bits per heavy atom. The van der Waals surface area contributed by atoms with Gasteiger partial charge in [0, 0.05) is 0 Å². The molecular formula is C26H25F3O2. The van der Waals surface area contributed by atoms with Crippen molar-refractivity contribution in [2.24, 2.45) is 0 Å². The minimum atomic E-state index is -1.06. The molecule has 31 heavy (non-hydrogen) atoms. The van der Waals surface area contributed by atoms with Crippen LogP contribution in [0.5, 0.6) is 11.5 Å². The predicted octanol–water partition coefficient (Wildman–Crippen LogP) is 7.42. The van der Waals surface area contributed by atoms with Crippen molar-refractivity contribution in [3.8, 4) is 22.6 Å². The van der Waals surface area contributed by atoms with Crippen LogP contribution in [0.25, 0.3) is 11.1 Å². The van der Waals surface area contributed by atoms with Gasteiger partial charge in [0.05, 0.1) is 12.4 Å². The number of hydrogen-bond acceptors (Lipinski definition) is 2. The minimum Gasteiger partial charge on any atom is -0.491 e. The van der Waals surface area contributed by atoms with Gasteiger partial charge in [-0.3, -0.25) is 0 Å². The molecule has 3 aromatic carbocycles. The third kappa shape index (κ3) is 6.14. The second-order valence-corrected chi connectivity index (χ2v) is 7.13. The maximum atomic E-state index is 14.1. The molecule has 0 aliphatic rings. The molecule has 0 radical (unpaired) electrons. The largest absolute Gasteiger partial charge is 0.491 e. The standard InChI is InChI=1S/C26H25F3O2/c1-3-30-23-15-16-24(26(29)25(23)28)31-17-20-9-13-22(14-10-20)21-11-7-19(8-12-21)6-4-5-18(2)27/h5,7-16H,3-4,6,17H2,1-2H3. The van der Waals surface area contributed by atoms with Crippen molar-refractivity contribution >= 4 is 0 Å². The van der Waals surface area contributed by atoms with Crippen LogP contribution >= 0.6 is 0 Å². The van der Waals surface area contributed by atoms with Crippen LogP contribution in [0, 0.1) is 11.6 Å². The maximum absolute atomic E-state index is 14.1. The van der Waals surface area contributed by atoms with Gasteiger partial charge in [0.1, 0.15) is 6.61 Å². The average molecular weight is 426 g/mol. The van der Waals surface area contributed by atoms with Gasteiger partial charge < -0.3 is 9.47 Å². The van der Waals surface area contributed by atoms with Crippen molar-refractivity contribution < 1.29 is 22.6 Å². The van der Waals surface area contributed by atoms with Crippen LogP contribution in [0.3, 0.4) is 0 Å². The zero-order valence-electron chi connectivity index (χ0n) is 17.6. The molecule has 162 valence electrons. The first kappa shape index (κ1) is 22.5. The Hall–Kier alpha value is -3.21. The Labute approximate surface area is 180 Å². The number of aryl methyl sites for hydroxylation is 1. The molecule has 3 aromatic rings. The van der Waals surface area contributed by atoms with Crippen molar-refractivity contribution in [3.63, 3.8) is 0 Å². The van der Waals surface area contributed by atoms with E-state index in [9.17, 15) is 13.2 Å². The van der Waals surface area contributed by atoms with Gasteiger partial charge in [-0.15, -0.1) is 0 Å². The van der Waals surface area contributed by atoms with E-state index in [1.54, 1.807) is 13.0 Å². The van der Waals surface area contributed by atoms with Crippen LogP contribution in [-0.4, -0.2) is 6.61 Å². The van der Waals surface area contributed by atoms with Crippen LogP contribution in [-0.2, 0) is 13.0 Å². The molecule has 0 aliphatic heterocycles. The SMILES string of the molecule is CCOc1ccc(OCc2ccc(-c3ccc(CCC=C(C)F)cc3)cc2)c(F)c1F. The molecule has 0 saturated heterocycles. The summed E-state index contributed by atoms with van der Waals surface area (Å²) in [5.74, 6) is -2.54.